The molecule has 0 aliphatic heterocycles. The molecule has 7 nitrogen and oxygen atoms in total. The summed E-state index contributed by atoms with van der Waals surface area (Å²) in [5.41, 5.74) is 3.00. The number of nitrogens with zero attached hydrogens (tertiary/aromatic N) is 3. The smallest absolute Gasteiger partial charge is 0.336 e. The number of carbonyl (C=O) groups is 1. The SMILES string of the molecule is CCN(c1nc(-c2cccc(-n3cccc3)c2)sc1C)S(=O)(=O)c1cc(C)c(C)c(C(=O)O)c1. The molecule has 0 saturated carbocycles. The van der Waals surface area contributed by atoms with Gasteiger partial charge in [-0.05, 0) is 75.2 Å². The average Bonchev–Trinajstić information content (AvgIpc) is 3.46. The number of hydrogen-bond acceptors (Lipinski definition) is 5. The first-order valence-electron chi connectivity index (χ1n) is 10.7. The number of thiazole rings is 1. The van der Waals surface area contributed by atoms with Crippen molar-refractivity contribution in [3.63, 3.8) is 0 Å². The molecule has 2 heterocycles. The van der Waals surface area contributed by atoms with E-state index < -0.39 is 16.0 Å². The van der Waals surface area contributed by atoms with Crippen LogP contribution in [0.4, 0.5) is 5.82 Å². The monoisotopic (exact) mass is 495 g/mol. The van der Waals surface area contributed by atoms with E-state index in [4.69, 9.17) is 4.98 Å². The van der Waals surface area contributed by atoms with Gasteiger partial charge in [0.2, 0.25) is 0 Å². The van der Waals surface area contributed by atoms with Crippen molar-refractivity contribution in [2.24, 2.45) is 0 Å². The Kier molecular flexibility index (Phi) is 6.33. The third kappa shape index (κ3) is 4.24. The van der Waals surface area contributed by atoms with Gasteiger partial charge in [0.25, 0.3) is 10.0 Å². The molecule has 0 saturated heterocycles. The van der Waals surface area contributed by atoms with Crippen molar-refractivity contribution in [1.29, 1.82) is 0 Å². The Hall–Kier alpha value is -3.43. The van der Waals surface area contributed by atoms with E-state index >= 15 is 0 Å². The van der Waals surface area contributed by atoms with E-state index in [0.717, 1.165) is 16.1 Å². The maximum atomic E-state index is 13.6. The van der Waals surface area contributed by atoms with E-state index in [1.165, 1.54) is 27.8 Å². The fraction of sp³-hybridized carbons (Fsp3) is 0.200. The van der Waals surface area contributed by atoms with Gasteiger partial charge < -0.3 is 9.67 Å². The molecule has 0 unspecified atom stereocenters. The Morgan fingerprint density at radius 3 is 2.44 bits per heavy atom. The zero-order valence-electron chi connectivity index (χ0n) is 19.3. The van der Waals surface area contributed by atoms with Gasteiger partial charge in [0.05, 0.1) is 10.5 Å². The highest BCUT2D eigenvalue weighted by molar-refractivity contribution is 7.92. The number of aromatic carboxylic acids is 1. The number of hydrogen-bond donors (Lipinski definition) is 1. The molecule has 0 radical (unpaired) electrons. The third-order valence-corrected chi connectivity index (χ3v) is 8.60. The maximum Gasteiger partial charge on any atom is 0.336 e. The van der Waals surface area contributed by atoms with Crippen LogP contribution in [0.15, 0.2) is 65.8 Å². The van der Waals surface area contributed by atoms with Crippen LogP contribution < -0.4 is 4.31 Å². The van der Waals surface area contributed by atoms with Crippen LogP contribution in [0.25, 0.3) is 16.3 Å². The Bertz CT molecular complexity index is 1470. The minimum atomic E-state index is -4.02. The van der Waals surface area contributed by atoms with Crippen molar-refractivity contribution < 1.29 is 18.3 Å². The predicted octanol–water partition coefficient (Wildman–Crippen LogP) is 5.44. The summed E-state index contributed by atoms with van der Waals surface area (Å²) in [5.74, 6) is -0.806. The van der Waals surface area contributed by atoms with Crippen LogP contribution in [0.5, 0.6) is 0 Å². The van der Waals surface area contributed by atoms with Crippen LogP contribution in [0.2, 0.25) is 0 Å². The standard InChI is InChI=1S/C25H25N3O4S2/c1-5-28(34(31,32)21-13-16(2)17(3)22(15-21)25(29)30)23-18(4)33-24(26-23)19-9-8-10-20(14-19)27-11-6-7-12-27/h6-15H,5H2,1-4H3,(H,29,30). The van der Waals surface area contributed by atoms with Gasteiger partial charge in [-0.3, -0.25) is 0 Å². The molecule has 0 amide bonds. The molecular weight excluding hydrogens is 470 g/mol. The normalized spacial score (nSPS) is 11.5. The zero-order chi connectivity index (χ0) is 24.6. The second kappa shape index (κ2) is 9.08. The summed E-state index contributed by atoms with van der Waals surface area (Å²) in [4.78, 5) is 17.1. The quantitative estimate of drug-likeness (QED) is 0.369. The lowest BCUT2D eigenvalue weighted by Crippen LogP contribution is -2.32. The van der Waals surface area contributed by atoms with Crippen molar-refractivity contribution in [3.05, 3.63) is 82.5 Å². The lowest BCUT2D eigenvalue weighted by molar-refractivity contribution is 0.0695. The molecule has 176 valence electrons. The van der Waals surface area contributed by atoms with E-state index in [2.05, 4.69) is 0 Å². The molecule has 1 N–H and O–H groups in total. The number of aromatic nitrogens is 2. The molecule has 0 atom stereocenters. The summed E-state index contributed by atoms with van der Waals surface area (Å²) in [6, 6.07) is 14.5. The van der Waals surface area contributed by atoms with E-state index in [0.29, 0.717) is 22.0 Å². The number of sulfonamides is 1. The van der Waals surface area contributed by atoms with Crippen molar-refractivity contribution in [2.45, 2.75) is 32.6 Å². The van der Waals surface area contributed by atoms with Crippen LogP contribution in [-0.2, 0) is 10.0 Å². The van der Waals surface area contributed by atoms with Crippen LogP contribution in [0.3, 0.4) is 0 Å². The molecule has 0 spiro atoms. The number of carboxylic acids is 1. The fourth-order valence-electron chi connectivity index (χ4n) is 3.81. The highest BCUT2D eigenvalue weighted by Crippen LogP contribution is 2.36. The molecule has 34 heavy (non-hydrogen) atoms. The Labute approximate surface area is 203 Å². The molecule has 0 bridgehead atoms. The summed E-state index contributed by atoms with van der Waals surface area (Å²) in [7, 11) is -4.02. The number of anilines is 1. The van der Waals surface area contributed by atoms with Gasteiger partial charge in [0, 0.05) is 35.1 Å². The van der Waals surface area contributed by atoms with Gasteiger partial charge in [-0.2, -0.15) is 0 Å². The molecule has 0 aliphatic rings. The van der Waals surface area contributed by atoms with Gasteiger partial charge in [-0.15, -0.1) is 11.3 Å². The number of rotatable bonds is 7. The Balaban J connectivity index is 1.77. The topological polar surface area (TPSA) is 92.5 Å². The van der Waals surface area contributed by atoms with Crippen molar-refractivity contribution in [1.82, 2.24) is 9.55 Å². The first kappa shape index (κ1) is 23.7. The van der Waals surface area contributed by atoms with E-state index in [9.17, 15) is 18.3 Å². The van der Waals surface area contributed by atoms with Gasteiger partial charge >= 0.3 is 5.97 Å². The molecule has 4 aromatic rings. The van der Waals surface area contributed by atoms with Crippen molar-refractivity contribution in [2.75, 3.05) is 10.8 Å². The first-order chi connectivity index (χ1) is 16.1. The molecule has 4 rings (SSSR count). The first-order valence-corrected chi connectivity index (χ1v) is 13.0. The van der Waals surface area contributed by atoms with Gasteiger partial charge in [0.15, 0.2) is 5.82 Å². The predicted molar refractivity (Wildman–Crippen MR) is 135 cm³/mol. The second-order valence-electron chi connectivity index (χ2n) is 7.93. The summed E-state index contributed by atoms with van der Waals surface area (Å²) >= 11 is 1.42. The van der Waals surface area contributed by atoms with E-state index in [-0.39, 0.29) is 17.0 Å². The summed E-state index contributed by atoms with van der Waals surface area (Å²) < 4.78 is 30.4. The van der Waals surface area contributed by atoms with Crippen LogP contribution in [-0.4, -0.2) is 35.6 Å². The van der Waals surface area contributed by atoms with Crippen LogP contribution in [0, 0.1) is 20.8 Å². The third-order valence-electron chi connectivity index (χ3n) is 5.75. The Morgan fingerprint density at radius 2 is 1.79 bits per heavy atom. The van der Waals surface area contributed by atoms with Gasteiger partial charge in [0.1, 0.15) is 5.01 Å². The number of carboxylic acid groups (broad SMARTS) is 1. The molecule has 2 aromatic heterocycles. The highest BCUT2D eigenvalue weighted by atomic mass is 32.2. The van der Waals surface area contributed by atoms with Crippen molar-refractivity contribution >= 4 is 33.1 Å². The van der Waals surface area contributed by atoms with Crippen LogP contribution in [0.1, 0.15) is 33.3 Å². The van der Waals surface area contributed by atoms with E-state index in [1.54, 1.807) is 20.8 Å². The summed E-state index contributed by atoms with van der Waals surface area (Å²) in [6.07, 6.45) is 3.91. The van der Waals surface area contributed by atoms with E-state index in [1.807, 2.05) is 60.3 Å². The molecule has 0 aliphatic carbocycles. The van der Waals surface area contributed by atoms with Crippen molar-refractivity contribution in [3.8, 4) is 16.3 Å². The molecular formula is C25H25N3O4S2. The molecule has 9 heteroatoms. The lowest BCUT2D eigenvalue weighted by atomic mass is 10.0. The minimum Gasteiger partial charge on any atom is -0.478 e. The number of benzene rings is 2. The molecule has 0 fully saturated rings. The average molecular weight is 496 g/mol. The van der Waals surface area contributed by atoms with Crippen LogP contribution >= 0.6 is 11.3 Å². The fourth-order valence-corrected chi connectivity index (χ4v) is 6.37. The summed E-state index contributed by atoms with van der Waals surface area (Å²) in [6.45, 7) is 7.12. The van der Waals surface area contributed by atoms with Gasteiger partial charge in [-0.25, -0.2) is 22.5 Å². The van der Waals surface area contributed by atoms with Gasteiger partial charge in [-0.1, -0.05) is 12.1 Å². The lowest BCUT2D eigenvalue weighted by Gasteiger charge is -2.22. The minimum absolute atomic E-state index is 0.0212. The highest BCUT2D eigenvalue weighted by Gasteiger charge is 2.29. The maximum absolute atomic E-state index is 13.6. The summed E-state index contributed by atoms with van der Waals surface area (Å²) in [5, 5.41) is 10.2. The molecule has 2 aromatic carbocycles. The zero-order valence-corrected chi connectivity index (χ0v) is 20.9. The largest absolute Gasteiger partial charge is 0.478 e. The second-order valence-corrected chi connectivity index (χ2v) is 11.0. The number of aryl methyl sites for hydroxylation is 2. The Morgan fingerprint density at radius 1 is 1.09 bits per heavy atom.